The van der Waals surface area contributed by atoms with Crippen LogP contribution < -0.4 is 0 Å². The molecule has 22 heavy (non-hydrogen) atoms. The molecule has 6 nitrogen and oxygen atoms in total. The van der Waals surface area contributed by atoms with Gasteiger partial charge in [-0.3, -0.25) is 9.59 Å². The number of amides is 1. The Morgan fingerprint density at radius 2 is 2.00 bits per heavy atom. The third kappa shape index (κ3) is 3.62. The van der Waals surface area contributed by atoms with Gasteiger partial charge in [0.05, 0.1) is 16.9 Å². The van der Waals surface area contributed by atoms with Crippen LogP contribution in [-0.2, 0) is 19.4 Å². The second kappa shape index (κ2) is 6.56. The van der Waals surface area contributed by atoms with Crippen molar-refractivity contribution in [2.75, 3.05) is 18.1 Å². The van der Waals surface area contributed by atoms with Crippen LogP contribution in [0.1, 0.15) is 51.9 Å². The molecule has 1 saturated carbocycles. The molecule has 1 atom stereocenters. The fraction of sp³-hybridized carbons (Fsp3) is 0.867. The van der Waals surface area contributed by atoms with Gasteiger partial charge in [0.15, 0.2) is 9.84 Å². The lowest BCUT2D eigenvalue weighted by Gasteiger charge is -2.39. The van der Waals surface area contributed by atoms with Gasteiger partial charge < -0.3 is 10.0 Å². The largest absolute Gasteiger partial charge is 0.481 e. The van der Waals surface area contributed by atoms with Crippen molar-refractivity contribution in [3.63, 3.8) is 0 Å². The van der Waals surface area contributed by atoms with E-state index in [9.17, 15) is 23.1 Å². The van der Waals surface area contributed by atoms with Crippen LogP contribution in [0.15, 0.2) is 0 Å². The van der Waals surface area contributed by atoms with Gasteiger partial charge in [-0.1, -0.05) is 19.8 Å². The van der Waals surface area contributed by atoms with Crippen LogP contribution in [-0.4, -0.2) is 54.4 Å². The van der Waals surface area contributed by atoms with Gasteiger partial charge in [-0.05, 0) is 25.7 Å². The highest BCUT2D eigenvalue weighted by molar-refractivity contribution is 7.91. The molecule has 2 rings (SSSR count). The van der Waals surface area contributed by atoms with Crippen LogP contribution in [0.25, 0.3) is 0 Å². The molecule has 1 saturated heterocycles. The molecule has 0 bridgehead atoms. The van der Waals surface area contributed by atoms with Crippen LogP contribution in [0.2, 0.25) is 0 Å². The van der Waals surface area contributed by atoms with E-state index in [0.29, 0.717) is 25.8 Å². The van der Waals surface area contributed by atoms with Gasteiger partial charge in [0.25, 0.3) is 0 Å². The minimum absolute atomic E-state index is 0.00257. The van der Waals surface area contributed by atoms with Crippen LogP contribution >= 0.6 is 0 Å². The number of carboxylic acid groups (broad SMARTS) is 1. The molecule has 1 aliphatic carbocycles. The number of carbonyl (C=O) groups excluding carboxylic acids is 1. The predicted octanol–water partition coefficient (Wildman–Crippen LogP) is 1.45. The summed E-state index contributed by atoms with van der Waals surface area (Å²) < 4.78 is 23.3. The lowest BCUT2D eigenvalue weighted by molar-refractivity contribution is -0.160. The molecule has 7 heteroatoms. The van der Waals surface area contributed by atoms with Gasteiger partial charge in [-0.2, -0.15) is 0 Å². The number of nitrogens with zero attached hydrogens (tertiary/aromatic N) is 1. The molecule has 0 aromatic heterocycles. The van der Waals surface area contributed by atoms with Crippen molar-refractivity contribution in [3.8, 4) is 0 Å². The molecule has 1 amide bonds. The molecular weight excluding hydrogens is 306 g/mol. The maximum Gasteiger partial charge on any atom is 0.310 e. The molecule has 0 spiro atoms. The normalized spacial score (nSPS) is 25.4. The Bertz CT molecular complexity index is 538. The summed E-state index contributed by atoms with van der Waals surface area (Å²) >= 11 is 0. The van der Waals surface area contributed by atoms with Crippen molar-refractivity contribution < 1.29 is 23.1 Å². The quantitative estimate of drug-likeness (QED) is 0.762. The number of sulfone groups is 1. The van der Waals surface area contributed by atoms with Crippen molar-refractivity contribution >= 4 is 21.7 Å². The van der Waals surface area contributed by atoms with E-state index in [1.165, 1.54) is 0 Å². The minimum atomic E-state index is -3.06. The van der Waals surface area contributed by atoms with Gasteiger partial charge >= 0.3 is 5.97 Å². The van der Waals surface area contributed by atoms with E-state index in [4.69, 9.17) is 0 Å². The summed E-state index contributed by atoms with van der Waals surface area (Å²) in [6, 6.07) is -0.282. The summed E-state index contributed by atoms with van der Waals surface area (Å²) in [4.78, 5) is 25.7. The zero-order valence-corrected chi connectivity index (χ0v) is 13.9. The number of unbranched alkanes of at least 4 members (excludes halogenated alkanes) is 1. The molecule has 2 aliphatic rings. The highest BCUT2D eigenvalue weighted by atomic mass is 32.2. The highest BCUT2D eigenvalue weighted by Gasteiger charge is 2.47. The van der Waals surface area contributed by atoms with Crippen LogP contribution in [0.3, 0.4) is 0 Å². The number of rotatable bonds is 7. The average Bonchev–Trinajstić information content (AvgIpc) is 2.74. The van der Waals surface area contributed by atoms with Crippen molar-refractivity contribution in [1.29, 1.82) is 0 Å². The van der Waals surface area contributed by atoms with Gasteiger partial charge in [0.2, 0.25) is 5.91 Å². The summed E-state index contributed by atoms with van der Waals surface area (Å²) in [6.07, 6.45) is 4.11. The first kappa shape index (κ1) is 17.2. The van der Waals surface area contributed by atoms with Gasteiger partial charge in [0, 0.05) is 19.0 Å². The molecule has 1 unspecified atom stereocenters. The Kier molecular flexibility index (Phi) is 5.14. The molecule has 1 N–H and O–H groups in total. The summed E-state index contributed by atoms with van der Waals surface area (Å²) in [5, 5.41) is 9.37. The molecular formula is C15H25NO5S. The van der Waals surface area contributed by atoms with E-state index < -0.39 is 21.2 Å². The van der Waals surface area contributed by atoms with Gasteiger partial charge in [-0.15, -0.1) is 0 Å². The van der Waals surface area contributed by atoms with Crippen molar-refractivity contribution in [1.82, 2.24) is 4.90 Å². The Morgan fingerprint density at radius 3 is 2.41 bits per heavy atom. The SMILES string of the molecule is CCCCN(C(=O)CC1(C(=O)O)CCC1)C1CCS(=O)(=O)C1. The highest BCUT2D eigenvalue weighted by Crippen LogP contribution is 2.44. The van der Waals surface area contributed by atoms with Crippen molar-refractivity contribution in [2.45, 2.75) is 57.9 Å². The molecule has 126 valence electrons. The van der Waals surface area contributed by atoms with Crippen molar-refractivity contribution in [3.05, 3.63) is 0 Å². The zero-order chi connectivity index (χ0) is 16.4. The average molecular weight is 331 g/mol. The molecule has 1 aliphatic heterocycles. The van der Waals surface area contributed by atoms with Crippen LogP contribution in [0, 0.1) is 5.41 Å². The summed E-state index contributed by atoms with van der Waals surface area (Å²) in [6.45, 7) is 2.53. The lowest BCUT2D eigenvalue weighted by Crippen LogP contribution is -2.47. The summed E-state index contributed by atoms with van der Waals surface area (Å²) in [5.74, 6) is -0.959. The first-order valence-electron chi connectivity index (χ1n) is 8.03. The first-order valence-corrected chi connectivity index (χ1v) is 9.85. The fourth-order valence-corrected chi connectivity index (χ4v) is 5.05. The monoisotopic (exact) mass is 331 g/mol. The second-order valence-corrected chi connectivity index (χ2v) is 8.84. The minimum Gasteiger partial charge on any atom is -0.481 e. The number of hydrogen-bond acceptors (Lipinski definition) is 4. The summed E-state index contributed by atoms with van der Waals surface area (Å²) in [5.41, 5.74) is -0.918. The van der Waals surface area contributed by atoms with E-state index in [1.807, 2.05) is 6.92 Å². The van der Waals surface area contributed by atoms with E-state index in [1.54, 1.807) is 4.90 Å². The molecule has 2 fully saturated rings. The topological polar surface area (TPSA) is 91.8 Å². The lowest BCUT2D eigenvalue weighted by atomic mass is 9.66. The predicted molar refractivity (Wildman–Crippen MR) is 82.2 cm³/mol. The van der Waals surface area contributed by atoms with E-state index in [2.05, 4.69) is 0 Å². The van der Waals surface area contributed by atoms with E-state index >= 15 is 0 Å². The number of carboxylic acids is 1. The number of hydrogen-bond donors (Lipinski definition) is 1. The van der Waals surface area contributed by atoms with Gasteiger partial charge in [0.1, 0.15) is 0 Å². The third-order valence-corrected chi connectivity index (χ3v) is 6.73. The van der Waals surface area contributed by atoms with E-state index in [0.717, 1.165) is 19.3 Å². The Morgan fingerprint density at radius 1 is 1.32 bits per heavy atom. The number of aliphatic carboxylic acids is 1. The maximum absolute atomic E-state index is 12.6. The third-order valence-electron chi connectivity index (χ3n) is 4.98. The smallest absolute Gasteiger partial charge is 0.310 e. The Balaban J connectivity index is 2.08. The molecule has 0 aromatic carbocycles. The van der Waals surface area contributed by atoms with Crippen LogP contribution in [0.4, 0.5) is 0 Å². The Hall–Kier alpha value is -1.11. The van der Waals surface area contributed by atoms with E-state index in [-0.39, 0.29) is 29.9 Å². The van der Waals surface area contributed by atoms with Crippen molar-refractivity contribution in [2.24, 2.45) is 5.41 Å². The fourth-order valence-electron chi connectivity index (χ4n) is 3.32. The standard InChI is InChI=1S/C15H25NO5S/c1-2-3-8-16(12-5-9-22(20,21)11-12)13(17)10-15(14(18)19)6-4-7-15/h12H,2-11H2,1H3,(H,18,19). The van der Waals surface area contributed by atoms with Crippen LogP contribution in [0.5, 0.6) is 0 Å². The molecule has 1 heterocycles. The molecule has 0 aromatic rings. The Labute approximate surface area is 131 Å². The zero-order valence-electron chi connectivity index (χ0n) is 13.1. The van der Waals surface area contributed by atoms with Gasteiger partial charge in [-0.25, -0.2) is 8.42 Å². The molecule has 0 radical (unpaired) electrons. The summed E-state index contributed by atoms with van der Waals surface area (Å²) in [7, 11) is -3.06. The second-order valence-electron chi connectivity index (χ2n) is 6.61. The maximum atomic E-state index is 12.6. The number of carbonyl (C=O) groups is 2. The first-order chi connectivity index (χ1) is 10.3.